The third-order valence-electron chi connectivity index (χ3n) is 3.78. The number of carbonyl (C=O) groups is 1. The maximum Gasteiger partial charge on any atom is 0.325 e. The molecule has 0 aliphatic carbocycles. The molecule has 0 bridgehead atoms. The predicted octanol–water partition coefficient (Wildman–Crippen LogP) is 3.70. The minimum Gasteiger partial charge on any atom is -0.489 e. The van der Waals surface area contributed by atoms with Gasteiger partial charge in [0.25, 0.3) is 0 Å². The second kappa shape index (κ2) is 9.33. The molecule has 6 nitrogen and oxygen atoms in total. The molecule has 1 aromatic heterocycles. The fourth-order valence-electron chi connectivity index (χ4n) is 2.45. The molecule has 3 aromatic rings. The number of ether oxygens (including phenoxy) is 2. The zero-order chi connectivity index (χ0) is 18.9. The van der Waals surface area contributed by atoms with Crippen LogP contribution in [0.15, 0.2) is 67.0 Å². The number of hydrogen-bond donors (Lipinski definition) is 1. The first-order chi connectivity index (χ1) is 13.2. The molecule has 0 radical (unpaired) electrons. The summed E-state index contributed by atoms with van der Waals surface area (Å²) in [5.74, 6) is 1.03. The van der Waals surface area contributed by atoms with Crippen LogP contribution in [0.3, 0.4) is 0 Å². The Balaban J connectivity index is 1.61. The number of aromatic nitrogens is 2. The monoisotopic (exact) mass is 363 g/mol. The van der Waals surface area contributed by atoms with Crippen molar-refractivity contribution in [3.05, 3.63) is 72.6 Å². The van der Waals surface area contributed by atoms with Gasteiger partial charge in [0.2, 0.25) is 0 Å². The van der Waals surface area contributed by atoms with Crippen molar-refractivity contribution in [2.75, 3.05) is 18.5 Å². The SMILES string of the molecule is CCOC(=O)CNc1cc(-c2ccc(OCc3ccccc3)cc2)ncn1. The van der Waals surface area contributed by atoms with E-state index in [-0.39, 0.29) is 12.5 Å². The molecule has 1 N–H and O–H groups in total. The molecule has 0 saturated heterocycles. The van der Waals surface area contributed by atoms with Gasteiger partial charge in [-0.15, -0.1) is 0 Å². The lowest BCUT2D eigenvalue weighted by molar-refractivity contribution is -0.140. The first-order valence-electron chi connectivity index (χ1n) is 8.73. The van der Waals surface area contributed by atoms with Gasteiger partial charge in [-0.1, -0.05) is 30.3 Å². The summed E-state index contributed by atoms with van der Waals surface area (Å²) in [6, 6.07) is 19.5. The normalized spacial score (nSPS) is 10.3. The summed E-state index contributed by atoms with van der Waals surface area (Å²) < 4.78 is 10.7. The maximum atomic E-state index is 11.4. The Kier molecular flexibility index (Phi) is 6.35. The molecule has 0 unspecified atom stereocenters. The van der Waals surface area contributed by atoms with Crippen LogP contribution in [0.5, 0.6) is 5.75 Å². The van der Waals surface area contributed by atoms with Crippen molar-refractivity contribution < 1.29 is 14.3 Å². The van der Waals surface area contributed by atoms with Crippen LogP contribution in [-0.2, 0) is 16.1 Å². The topological polar surface area (TPSA) is 73.3 Å². The highest BCUT2D eigenvalue weighted by Crippen LogP contribution is 2.22. The van der Waals surface area contributed by atoms with Crippen LogP contribution in [0.2, 0.25) is 0 Å². The number of nitrogens with one attached hydrogen (secondary N) is 1. The van der Waals surface area contributed by atoms with Crippen LogP contribution in [0.1, 0.15) is 12.5 Å². The molecule has 3 rings (SSSR count). The Morgan fingerprint density at radius 2 is 1.81 bits per heavy atom. The van der Waals surface area contributed by atoms with Gasteiger partial charge in [-0.3, -0.25) is 4.79 Å². The van der Waals surface area contributed by atoms with Crippen LogP contribution < -0.4 is 10.1 Å². The molecule has 0 aliphatic heterocycles. The van der Waals surface area contributed by atoms with E-state index in [1.54, 1.807) is 13.0 Å². The number of nitrogens with zero attached hydrogens (tertiary/aromatic N) is 2. The second-order valence-electron chi connectivity index (χ2n) is 5.75. The van der Waals surface area contributed by atoms with Gasteiger partial charge in [0.05, 0.1) is 12.3 Å². The van der Waals surface area contributed by atoms with Gasteiger partial charge in [-0.25, -0.2) is 9.97 Å². The van der Waals surface area contributed by atoms with E-state index in [0.29, 0.717) is 19.0 Å². The van der Waals surface area contributed by atoms with Gasteiger partial charge in [0.15, 0.2) is 0 Å². The van der Waals surface area contributed by atoms with Crippen LogP contribution in [0.4, 0.5) is 5.82 Å². The molecular weight excluding hydrogens is 342 g/mol. The van der Waals surface area contributed by atoms with Crippen LogP contribution in [0, 0.1) is 0 Å². The summed E-state index contributed by atoms with van der Waals surface area (Å²) in [6.07, 6.45) is 1.46. The summed E-state index contributed by atoms with van der Waals surface area (Å²) in [4.78, 5) is 19.8. The minimum atomic E-state index is -0.322. The van der Waals surface area contributed by atoms with Gasteiger partial charge >= 0.3 is 5.97 Å². The first kappa shape index (κ1) is 18.4. The number of esters is 1. The number of carbonyl (C=O) groups excluding carboxylic acids is 1. The zero-order valence-electron chi connectivity index (χ0n) is 15.1. The average molecular weight is 363 g/mol. The van der Waals surface area contributed by atoms with Crippen molar-refractivity contribution in [3.63, 3.8) is 0 Å². The summed E-state index contributed by atoms with van der Waals surface area (Å²) >= 11 is 0. The molecule has 2 aromatic carbocycles. The van der Waals surface area contributed by atoms with Gasteiger partial charge in [-0.2, -0.15) is 0 Å². The highest BCUT2D eigenvalue weighted by Gasteiger charge is 2.05. The summed E-state index contributed by atoms with van der Waals surface area (Å²) in [5, 5.41) is 2.94. The zero-order valence-corrected chi connectivity index (χ0v) is 15.1. The van der Waals surface area contributed by atoms with E-state index in [1.807, 2.05) is 54.6 Å². The van der Waals surface area contributed by atoms with Crippen molar-refractivity contribution in [2.45, 2.75) is 13.5 Å². The number of rotatable bonds is 8. The highest BCUT2D eigenvalue weighted by atomic mass is 16.5. The lowest BCUT2D eigenvalue weighted by atomic mass is 10.1. The first-order valence-corrected chi connectivity index (χ1v) is 8.73. The Morgan fingerprint density at radius 3 is 2.56 bits per heavy atom. The Morgan fingerprint density at radius 1 is 1.04 bits per heavy atom. The maximum absolute atomic E-state index is 11.4. The quantitative estimate of drug-likeness (QED) is 0.615. The van der Waals surface area contributed by atoms with E-state index in [4.69, 9.17) is 9.47 Å². The lowest BCUT2D eigenvalue weighted by Crippen LogP contribution is -2.17. The molecule has 27 heavy (non-hydrogen) atoms. The molecule has 0 fully saturated rings. The van der Waals surface area contributed by atoms with E-state index < -0.39 is 0 Å². The molecule has 1 heterocycles. The third-order valence-corrected chi connectivity index (χ3v) is 3.78. The fourth-order valence-corrected chi connectivity index (χ4v) is 2.45. The fraction of sp³-hybridized carbons (Fsp3) is 0.190. The molecule has 0 amide bonds. The van der Waals surface area contributed by atoms with Crippen molar-refractivity contribution in [1.29, 1.82) is 0 Å². The van der Waals surface area contributed by atoms with Crippen molar-refractivity contribution >= 4 is 11.8 Å². The van der Waals surface area contributed by atoms with E-state index in [0.717, 1.165) is 22.6 Å². The summed E-state index contributed by atoms with van der Waals surface area (Å²) in [7, 11) is 0. The van der Waals surface area contributed by atoms with E-state index in [9.17, 15) is 4.79 Å². The largest absolute Gasteiger partial charge is 0.489 e. The molecule has 0 aliphatic rings. The summed E-state index contributed by atoms with van der Waals surface area (Å²) in [5.41, 5.74) is 2.81. The second-order valence-corrected chi connectivity index (χ2v) is 5.75. The Labute approximate surface area is 158 Å². The van der Waals surface area contributed by atoms with E-state index in [2.05, 4.69) is 15.3 Å². The number of hydrogen-bond acceptors (Lipinski definition) is 6. The standard InChI is InChI=1S/C21H21N3O3/c1-2-26-21(25)13-22-20-12-19(23-15-24-20)17-8-10-18(11-9-17)27-14-16-6-4-3-5-7-16/h3-12,15H,2,13-14H2,1H3,(H,22,23,24). The highest BCUT2D eigenvalue weighted by molar-refractivity contribution is 5.75. The van der Waals surface area contributed by atoms with Gasteiger partial charge in [-0.05, 0) is 36.8 Å². The molecule has 138 valence electrons. The predicted molar refractivity (Wildman–Crippen MR) is 103 cm³/mol. The molecular formula is C21H21N3O3. The number of benzene rings is 2. The molecule has 0 saturated carbocycles. The average Bonchev–Trinajstić information content (AvgIpc) is 2.72. The molecule has 6 heteroatoms. The lowest BCUT2D eigenvalue weighted by Gasteiger charge is -2.08. The minimum absolute atomic E-state index is 0.0660. The smallest absolute Gasteiger partial charge is 0.325 e. The Bertz CT molecular complexity index is 867. The Hall–Kier alpha value is -3.41. The third kappa shape index (κ3) is 5.54. The van der Waals surface area contributed by atoms with E-state index in [1.165, 1.54) is 6.33 Å². The van der Waals surface area contributed by atoms with Crippen molar-refractivity contribution in [3.8, 4) is 17.0 Å². The van der Waals surface area contributed by atoms with E-state index >= 15 is 0 Å². The molecule has 0 atom stereocenters. The van der Waals surface area contributed by atoms with Crippen LogP contribution >= 0.6 is 0 Å². The molecule has 0 spiro atoms. The van der Waals surface area contributed by atoms with Gasteiger partial charge in [0, 0.05) is 11.6 Å². The van der Waals surface area contributed by atoms with Crippen molar-refractivity contribution in [1.82, 2.24) is 9.97 Å². The number of anilines is 1. The van der Waals surface area contributed by atoms with Gasteiger partial charge in [0.1, 0.15) is 31.0 Å². The van der Waals surface area contributed by atoms with Crippen LogP contribution in [-0.4, -0.2) is 29.1 Å². The van der Waals surface area contributed by atoms with Crippen LogP contribution in [0.25, 0.3) is 11.3 Å². The summed E-state index contributed by atoms with van der Waals surface area (Å²) in [6.45, 7) is 2.72. The van der Waals surface area contributed by atoms with Crippen molar-refractivity contribution in [2.24, 2.45) is 0 Å². The van der Waals surface area contributed by atoms with Gasteiger partial charge < -0.3 is 14.8 Å².